The van der Waals surface area contributed by atoms with Crippen LogP contribution in [-0.4, -0.2) is 42.8 Å². The second kappa shape index (κ2) is 6.43. The van der Waals surface area contributed by atoms with Crippen molar-refractivity contribution in [1.82, 2.24) is 10.1 Å². The van der Waals surface area contributed by atoms with Crippen LogP contribution in [0.3, 0.4) is 0 Å². The van der Waals surface area contributed by atoms with Gasteiger partial charge in [-0.3, -0.25) is 10.1 Å². The Morgan fingerprint density at radius 3 is 2.52 bits per heavy atom. The van der Waals surface area contributed by atoms with Gasteiger partial charge in [0.2, 0.25) is 5.89 Å². The highest BCUT2D eigenvalue weighted by molar-refractivity contribution is 7.90. The van der Waals surface area contributed by atoms with E-state index in [1.165, 1.54) is 12.1 Å². The molecule has 10 heteroatoms. The van der Waals surface area contributed by atoms with Crippen molar-refractivity contribution >= 4 is 21.2 Å². The van der Waals surface area contributed by atoms with Gasteiger partial charge in [0.25, 0.3) is 0 Å². The number of anilines is 1. The molecular formula is C15H18N4O5S. The highest BCUT2D eigenvalue weighted by Crippen LogP contribution is 2.37. The van der Waals surface area contributed by atoms with E-state index in [1.807, 2.05) is 4.90 Å². The van der Waals surface area contributed by atoms with Gasteiger partial charge in [-0.05, 0) is 31.9 Å². The van der Waals surface area contributed by atoms with Gasteiger partial charge in [-0.15, -0.1) is 0 Å². The normalized spacial score (nSPS) is 16.2. The van der Waals surface area contributed by atoms with E-state index in [1.54, 1.807) is 13.0 Å². The van der Waals surface area contributed by atoms with Crippen LogP contribution < -0.4 is 4.90 Å². The number of aromatic nitrogens is 2. The van der Waals surface area contributed by atoms with Crippen LogP contribution in [0.1, 0.15) is 30.5 Å². The summed E-state index contributed by atoms with van der Waals surface area (Å²) in [5, 5.41) is 15.3. The van der Waals surface area contributed by atoms with Crippen molar-refractivity contribution in [1.29, 1.82) is 0 Å². The van der Waals surface area contributed by atoms with Crippen molar-refractivity contribution in [3.63, 3.8) is 0 Å². The van der Waals surface area contributed by atoms with Gasteiger partial charge in [0.05, 0.1) is 4.92 Å². The molecule has 0 bridgehead atoms. The number of nitro groups is 1. The third-order valence-corrected chi connectivity index (χ3v) is 5.42. The minimum Gasteiger partial charge on any atom is -0.366 e. The number of nitro benzene ring substituents is 1. The molecule has 2 aromatic rings. The molecule has 0 aliphatic carbocycles. The summed E-state index contributed by atoms with van der Waals surface area (Å²) >= 11 is 0. The summed E-state index contributed by atoms with van der Waals surface area (Å²) in [7, 11) is -3.69. The van der Waals surface area contributed by atoms with Crippen molar-refractivity contribution in [3.8, 4) is 0 Å². The molecule has 0 unspecified atom stereocenters. The Bertz CT molecular complexity index is 900. The molecule has 1 aliphatic heterocycles. The third kappa shape index (κ3) is 3.48. The highest BCUT2D eigenvalue weighted by atomic mass is 32.2. The number of hydrogen-bond acceptors (Lipinski definition) is 8. The minimum absolute atomic E-state index is 0.106. The lowest BCUT2D eigenvalue weighted by molar-refractivity contribution is -0.387. The number of piperidine rings is 1. The molecule has 1 fully saturated rings. The Kier molecular flexibility index (Phi) is 4.46. The van der Waals surface area contributed by atoms with E-state index in [4.69, 9.17) is 4.52 Å². The molecule has 0 N–H and O–H groups in total. The maximum Gasteiger partial charge on any atom is 0.311 e. The van der Waals surface area contributed by atoms with Crippen LogP contribution in [0.4, 0.5) is 11.4 Å². The summed E-state index contributed by atoms with van der Waals surface area (Å²) in [6, 6.07) is 4.39. The lowest BCUT2D eigenvalue weighted by atomic mass is 9.96. The van der Waals surface area contributed by atoms with Crippen LogP contribution in [0.5, 0.6) is 0 Å². The molecule has 1 aliphatic rings. The molecule has 0 spiro atoms. The highest BCUT2D eigenvalue weighted by Gasteiger charge is 2.32. The minimum atomic E-state index is -3.69. The number of sulfone groups is 1. The average molecular weight is 366 g/mol. The summed E-state index contributed by atoms with van der Waals surface area (Å²) < 4.78 is 29.0. The zero-order valence-electron chi connectivity index (χ0n) is 13.9. The molecule has 9 nitrogen and oxygen atoms in total. The Balaban J connectivity index is 1.87. The fourth-order valence-electron chi connectivity index (χ4n) is 3.09. The Hall–Kier alpha value is -2.49. The molecule has 0 radical (unpaired) electrons. The first-order valence-electron chi connectivity index (χ1n) is 7.80. The number of aryl methyl sites for hydroxylation is 1. The first-order chi connectivity index (χ1) is 11.8. The van der Waals surface area contributed by atoms with Gasteiger partial charge < -0.3 is 9.42 Å². The van der Waals surface area contributed by atoms with Gasteiger partial charge in [0.15, 0.2) is 15.7 Å². The predicted molar refractivity (Wildman–Crippen MR) is 89.4 cm³/mol. The average Bonchev–Trinajstić information content (AvgIpc) is 3.00. The lowest BCUT2D eigenvalue weighted by Crippen LogP contribution is -2.33. The van der Waals surface area contributed by atoms with Gasteiger partial charge in [-0.1, -0.05) is 11.2 Å². The second-order valence-electron chi connectivity index (χ2n) is 6.09. The molecule has 25 heavy (non-hydrogen) atoms. The fourth-order valence-corrected chi connectivity index (χ4v) is 3.95. The number of rotatable bonds is 4. The topological polar surface area (TPSA) is 119 Å². The summed E-state index contributed by atoms with van der Waals surface area (Å²) in [5.74, 6) is 1.26. The van der Waals surface area contributed by atoms with Gasteiger partial charge >= 0.3 is 5.69 Å². The Morgan fingerprint density at radius 2 is 2.00 bits per heavy atom. The van der Waals surface area contributed by atoms with Gasteiger partial charge in [0, 0.05) is 25.3 Å². The van der Waals surface area contributed by atoms with E-state index in [2.05, 4.69) is 10.1 Å². The smallest absolute Gasteiger partial charge is 0.311 e. The van der Waals surface area contributed by atoms with Crippen LogP contribution in [0.15, 0.2) is 27.6 Å². The summed E-state index contributed by atoms with van der Waals surface area (Å²) in [6.45, 7) is 2.84. The number of para-hydroxylation sites is 1. The lowest BCUT2D eigenvalue weighted by Gasteiger charge is -2.32. The number of nitrogens with zero attached hydrogens (tertiary/aromatic N) is 4. The monoisotopic (exact) mass is 366 g/mol. The maximum absolute atomic E-state index is 11.9. The van der Waals surface area contributed by atoms with Gasteiger partial charge in [-0.2, -0.15) is 4.98 Å². The Morgan fingerprint density at radius 1 is 1.32 bits per heavy atom. The van der Waals surface area contributed by atoms with E-state index < -0.39 is 14.8 Å². The van der Waals surface area contributed by atoms with Crippen LogP contribution >= 0.6 is 0 Å². The summed E-state index contributed by atoms with van der Waals surface area (Å²) in [5.41, 5.74) is -0.0369. The SMILES string of the molecule is Cc1noc(C2CCN(c3cccc(S(C)(=O)=O)c3[N+](=O)[O-])CC2)n1. The number of hydrogen-bond donors (Lipinski definition) is 0. The van der Waals surface area contributed by atoms with E-state index in [0.717, 1.165) is 6.26 Å². The van der Waals surface area contributed by atoms with Crippen molar-refractivity contribution in [3.05, 3.63) is 40.0 Å². The zero-order chi connectivity index (χ0) is 18.2. The van der Waals surface area contributed by atoms with Crippen molar-refractivity contribution < 1.29 is 17.9 Å². The van der Waals surface area contributed by atoms with Crippen molar-refractivity contribution in [2.45, 2.75) is 30.6 Å². The van der Waals surface area contributed by atoms with E-state index >= 15 is 0 Å². The summed E-state index contributed by atoms with van der Waals surface area (Å²) in [4.78, 5) is 16.7. The molecule has 0 amide bonds. The van der Waals surface area contributed by atoms with Crippen molar-refractivity contribution in [2.24, 2.45) is 0 Å². The molecule has 134 valence electrons. The van der Waals surface area contributed by atoms with E-state index in [9.17, 15) is 18.5 Å². The molecule has 0 atom stereocenters. The Labute approximate surface area is 144 Å². The van der Waals surface area contributed by atoms with E-state index in [-0.39, 0.29) is 16.5 Å². The fraction of sp³-hybridized carbons (Fsp3) is 0.467. The molecule has 0 saturated carbocycles. The van der Waals surface area contributed by atoms with Gasteiger partial charge in [0.1, 0.15) is 10.6 Å². The zero-order valence-corrected chi connectivity index (χ0v) is 14.7. The predicted octanol–water partition coefficient (Wildman–Crippen LogP) is 2.07. The van der Waals surface area contributed by atoms with Crippen LogP contribution in [0, 0.1) is 17.0 Å². The van der Waals surface area contributed by atoms with Crippen molar-refractivity contribution in [2.75, 3.05) is 24.2 Å². The first-order valence-corrected chi connectivity index (χ1v) is 9.69. The molecule has 1 saturated heterocycles. The van der Waals surface area contributed by atoms with Crippen LogP contribution in [0.25, 0.3) is 0 Å². The van der Waals surface area contributed by atoms with Gasteiger partial charge in [-0.25, -0.2) is 8.42 Å². The largest absolute Gasteiger partial charge is 0.366 e. The van der Waals surface area contributed by atoms with Crippen LogP contribution in [-0.2, 0) is 9.84 Å². The second-order valence-corrected chi connectivity index (χ2v) is 8.08. The number of benzene rings is 1. The molecular weight excluding hydrogens is 348 g/mol. The third-order valence-electron chi connectivity index (χ3n) is 4.29. The standard InChI is InChI=1S/C15H18N4O5S/c1-10-16-15(24-17-10)11-6-8-18(9-7-11)12-4-3-5-13(25(2,22)23)14(12)19(20)21/h3-5,11H,6-9H2,1-2H3. The molecule has 3 rings (SSSR count). The molecule has 1 aromatic carbocycles. The van der Waals surface area contributed by atoms with E-state index in [0.29, 0.717) is 43.3 Å². The molecule has 1 aromatic heterocycles. The quantitative estimate of drug-likeness (QED) is 0.596. The maximum atomic E-state index is 11.9. The first kappa shape index (κ1) is 17.3. The summed E-state index contributed by atoms with van der Waals surface area (Å²) in [6.07, 6.45) is 2.37. The molecule has 2 heterocycles. The van der Waals surface area contributed by atoms with Crippen LogP contribution in [0.2, 0.25) is 0 Å².